The number of epoxide rings is 2. The number of rotatable bonds is 6. The molecule has 5 nitrogen and oxygen atoms in total. The molecule has 2 unspecified atom stereocenters. The van der Waals surface area contributed by atoms with Crippen molar-refractivity contribution in [3.63, 3.8) is 0 Å². The van der Waals surface area contributed by atoms with Gasteiger partial charge in [0.1, 0.15) is 23.7 Å². The highest BCUT2D eigenvalue weighted by atomic mass is 31.1. The third-order valence-corrected chi connectivity index (χ3v) is 6.10. The quantitative estimate of drug-likeness (QED) is 0.607. The molecule has 0 radical (unpaired) electrons. The van der Waals surface area contributed by atoms with Gasteiger partial charge < -0.3 is 24.4 Å². The molecular weight excluding hydrogens is 339 g/mol. The lowest BCUT2D eigenvalue weighted by molar-refractivity contribution is 0.102. The second kappa shape index (κ2) is 8.63. The van der Waals surface area contributed by atoms with Crippen molar-refractivity contribution in [2.75, 3.05) is 33.1 Å². The van der Waals surface area contributed by atoms with Gasteiger partial charge in [-0.1, -0.05) is 36.4 Å². The number of hydrogen-bond acceptors (Lipinski definition) is 5. The Hall–Kier alpha value is -1.65. The predicted octanol–water partition coefficient (Wildman–Crippen LogP) is 1.96. The summed E-state index contributed by atoms with van der Waals surface area (Å²) in [6, 6.07) is 14.5. The Morgan fingerprint density at radius 3 is 1.64 bits per heavy atom. The third-order valence-electron chi connectivity index (χ3n) is 3.90. The van der Waals surface area contributed by atoms with Crippen LogP contribution in [0.15, 0.2) is 48.5 Å². The van der Waals surface area contributed by atoms with E-state index in [0.717, 1.165) is 37.0 Å². The van der Waals surface area contributed by atoms with Crippen molar-refractivity contribution in [3.8, 4) is 11.5 Å². The minimum absolute atomic E-state index is 0.291. The highest BCUT2D eigenvalue weighted by Crippen LogP contribution is 2.35. The highest BCUT2D eigenvalue weighted by Gasteiger charge is 2.26. The first-order chi connectivity index (χ1) is 12.1. The van der Waals surface area contributed by atoms with E-state index < -0.39 is 7.92 Å². The maximum absolute atomic E-state index is 9.77. The maximum Gasteiger partial charge on any atom is 0.123 e. The number of hydrogen-bond donors (Lipinski definition) is 2. The lowest BCUT2D eigenvalue weighted by Crippen LogP contribution is -2.11. The van der Waals surface area contributed by atoms with E-state index in [2.05, 4.69) is 0 Å². The number of para-hydroxylation sites is 2. The smallest absolute Gasteiger partial charge is 0.123 e. The van der Waals surface area contributed by atoms with Gasteiger partial charge in [0.15, 0.2) is 0 Å². The fourth-order valence-electron chi connectivity index (χ4n) is 2.28. The molecule has 0 aliphatic carbocycles. The summed E-state index contributed by atoms with van der Waals surface area (Å²) in [6.45, 7) is 5.29. The van der Waals surface area contributed by atoms with E-state index >= 15 is 0 Å². The molecular formula is C19H23O5P. The van der Waals surface area contributed by atoms with Crippen molar-refractivity contribution in [2.24, 2.45) is 0 Å². The van der Waals surface area contributed by atoms with E-state index in [0.29, 0.717) is 23.7 Å². The van der Waals surface area contributed by atoms with E-state index in [9.17, 15) is 10.2 Å². The maximum atomic E-state index is 9.77. The molecule has 2 aromatic carbocycles. The number of phenolic OH excluding ortho intramolecular Hbond substituents is 2. The summed E-state index contributed by atoms with van der Waals surface area (Å²) < 4.78 is 15.1. The van der Waals surface area contributed by atoms with Gasteiger partial charge in [-0.15, -0.1) is 0 Å². The van der Waals surface area contributed by atoms with Crippen LogP contribution in [0.2, 0.25) is 0 Å². The summed E-state index contributed by atoms with van der Waals surface area (Å²) in [6.07, 6.45) is 0.785. The monoisotopic (exact) mass is 362 g/mol. The largest absolute Gasteiger partial charge is 0.507 e. The molecule has 0 aromatic heterocycles. The van der Waals surface area contributed by atoms with Crippen molar-refractivity contribution in [1.29, 1.82) is 0 Å². The van der Waals surface area contributed by atoms with Crippen molar-refractivity contribution < 1.29 is 24.4 Å². The fraction of sp³-hybridized carbons (Fsp3) is 0.368. The van der Waals surface area contributed by atoms with Crippen molar-refractivity contribution in [1.82, 2.24) is 0 Å². The van der Waals surface area contributed by atoms with E-state index in [-0.39, 0.29) is 0 Å². The predicted molar refractivity (Wildman–Crippen MR) is 98.6 cm³/mol. The Bertz CT molecular complexity index is 628. The Balaban J connectivity index is 0.000000170. The van der Waals surface area contributed by atoms with Crippen LogP contribution in [0.3, 0.4) is 0 Å². The molecule has 6 heteroatoms. The van der Waals surface area contributed by atoms with E-state index in [1.54, 1.807) is 24.3 Å². The second-order valence-corrected chi connectivity index (χ2v) is 8.07. The van der Waals surface area contributed by atoms with Gasteiger partial charge in [0.2, 0.25) is 0 Å². The molecule has 2 aliphatic rings. The summed E-state index contributed by atoms with van der Waals surface area (Å²) in [5, 5.41) is 21.3. The zero-order valence-corrected chi connectivity index (χ0v) is 15.1. The van der Waals surface area contributed by atoms with Crippen LogP contribution in [-0.2, 0) is 14.2 Å². The lowest BCUT2D eigenvalue weighted by Gasteiger charge is -2.15. The van der Waals surface area contributed by atoms with Crippen LogP contribution in [0.4, 0.5) is 0 Å². The molecule has 2 saturated heterocycles. The summed E-state index contributed by atoms with van der Waals surface area (Å²) in [7, 11) is -0.712. The first kappa shape index (κ1) is 18.2. The van der Waals surface area contributed by atoms with E-state index in [1.165, 1.54) is 0 Å². The zero-order chi connectivity index (χ0) is 17.6. The summed E-state index contributed by atoms with van der Waals surface area (Å²) in [5.74, 6) is 0.582. The van der Waals surface area contributed by atoms with Crippen LogP contribution in [0, 0.1) is 0 Å². The van der Waals surface area contributed by atoms with Gasteiger partial charge in [0.25, 0.3) is 0 Å². The highest BCUT2D eigenvalue weighted by molar-refractivity contribution is 7.72. The third kappa shape index (κ3) is 5.68. The Kier molecular flexibility index (Phi) is 6.27. The van der Waals surface area contributed by atoms with Crippen molar-refractivity contribution >= 4 is 18.5 Å². The minimum Gasteiger partial charge on any atom is -0.507 e. The van der Waals surface area contributed by atoms with Gasteiger partial charge in [0, 0.05) is 10.6 Å². The first-order valence-corrected chi connectivity index (χ1v) is 10.0. The SMILES string of the molecule is C(OCC1CO1)C1CO1.CP(c1ccccc1O)c1ccccc1O. The number of phenols is 2. The van der Waals surface area contributed by atoms with Crippen molar-refractivity contribution in [2.45, 2.75) is 12.2 Å². The Morgan fingerprint density at radius 1 is 0.880 bits per heavy atom. The number of benzene rings is 2. The van der Waals surface area contributed by atoms with Gasteiger partial charge in [-0.05, 0) is 26.7 Å². The van der Waals surface area contributed by atoms with Crippen molar-refractivity contribution in [3.05, 3.63) is 48.5 Å². The summed E-state index contributed by atoms with van der Waals surface area (Å²) in [5.41, 5.74) is 0. The molecule has 134 valence electrons. The van der Waals surface area contributed by atoms with Gasteiger partial charge in [-0.3, -0.25) is 0 Å². The molecule has 0 saturated carbocycles. The van der Waals surface area contributed by atoms with Gasteiger partial charge in [0.05, 0.1) is 26.4 Å². The minimum atomic E-state index is -0.712. The molecule has 0 amide bonds. The van der Waals surface area contributed by atoms with Gasteiger partial charge >= 0.3 is 0 Å². The molecule has 2 aliphatic heterocycles. The molecule has 0 spiro atoms. The number of aromatic hydroxyl groups is 2. The topological polar surface area (TPSA) is 74.8 Å². The zero-order valence-electron chi connectivity index (χ0n) is 14.2. The molecule has 2 fully saturated rings. The number of ether oxygens (including phenoxy) is 3. The van der Waals surface area contributed by atoms with Crippen LogP contribution < -0.4 is 10.6 Å². The van der Waals surface area contributed by atoms with Crippen LogP contribution in [-0.4, -0.2) is 55.5 Å². The molecule has 25 heavy (non-hydrogen) atoms. The molecule has 4 rings (SSSR count). The molecule has 2 aromatic rings. The normalized spacial score (nSPS) is 20.7. The fourth-order valence-corrected chi connectivity index (χ4v) is 4.00. The average Bonchev–Trinajstić information content (AvgIpc) is 3.51. The first-order valence-electron chi connectivity index (χ1n) is 8.26. The lowest BCUT2D eigenvalue weighted by atomic mass is 10.3. The average molecular weight is 362 g/mol. The molecule has 2 heterocycles. The molecule has 0 bridgehead atoms. The van der Waals surface area contributed by atoms with Crippen LogP contribution in [0.1, 0.15) is 0 Å². The van der Waals surface area contributed by atoms with E-state index in [4.69, 9.17) is 14.2 Å². The standard InChI is InChI=1S/C13H13O2P.C6H10O3/c1-16(12-8-4-2-6-10(12)14)13-9-5-3-7-11(13)15;1(5-3-8-5)7-2-6-4-9-6/h2-9,14-15H,1H3;5-6H,1-4H2. The van der Waals surface area contributed by atoms with Gasteiger partial charge in [-0.25, -0.2) is 0 Å². The van der Waals surface area contributed by atoms with E-state index in [1.807, 2.05) is 30.9 Å². The second-order valence-electron chi connectivity index (χ2n) is 5.98. The van der Waals surface area contributed by atoms with Crippen LogP contribution in [0.5, 0.6) is 11.5 Å². The van der Waals surface area contributed by atoms with Gasteiger partial charge in [-0.2, -0.15) is 0 Å². The molecule has 2 N–H and O–H groups in total. The van der Waals surface area contributed by atoms with Crippen LogP contribution in [0.25, 0.3) is 0 Å². The molecule has 2 atom stereocenters. The Morgan fingerprint density at radius 2 is 1.28 bits per heavy atom. The Labute approximate surface area is 148 Å². The summed E-state index contributed by atoms with van der Waals surface area (Å²) in [4.78, 5) is 0. The summed E-state index contributed by atoms with van der Waals surface area (Å²) >= 11 is 0. The van der Waals surface area contributed by atoms with Crippen LogP contribution >= 0.6 is 7.92 Å².